The molecule has 1 heterocycles. The molecule has 222 valence electrons. The molecular weight excluding hydrogens is 615 g/mol. The number of Topliss-reactive ketones (excluding diaryl/α,β-unsaturated/α-hetero) is 1. The number of benzene rings is 3. The monoisotopic (exact) mass is 640 g/mol. The first-order valence-corrected chi connectivity index (χ1v) is 15.5. The lowest BCUT2D eigenvalue weighted by atomic mass is 9.78. The van der Waals surface area contributed by atoms with Crippen molar-refractivity contribution >= 4 is 56.8 Å². The third-order valence-electron chi connectivity index (χ3n) is 7.48. The smallest absolute Gasteiger partial charge is 0.339 e. The molecule has 1 saturated heterocycles. The van der Waals surface area contributed by atoms with Crippen LogP contribution in [-0.2, 0) is 19.7 Å². The highest BCUT2D eigenvalue weighted by atomic mass is 35.5. The molecule has 3 amide bonds. The number of aryl methyl sites for hydroxylation is 1. The first kappa shape index (κ1) is 30.5. The molecule has 0 N–H and O–H groups in total. The molecular formula is C31H26Cl2N2O7S. The fraction of sp³-hybridized carbons (Fsp3) is 0.226. The first-order valence-electron chi connectivity index (χ1n) is 13.3. The largest absolute Gasteiger partial charge is 0.379 e. The van der Waals surface area contributed by atoms with E-state index in [-0.39, 0.29) is 37.7 Å². The number of allylic oxidation sites excluding steroid dienone is 2. The van der Waals surface area contributed by atoms with E-state index in [1.807, 2.05) is 26.0 Å². The molecule has 3 aromatic carbocycles. The number of halogens is 2. The van der Waals surface area contributed by atoms with Crippen LogP contribution in [0.3, 0.4) is 0 Å². The molecule has 2 aliphatic rings. The summed E-state index contributed by atoms with van der Waals surface area (Å²) in [6.07, 6.45) is 4.03. The van der Waals surface area contributed by atoms with Gasteiger partial charge in [0.05, 0.1) is 21.9 Å². The van der Waals surface area contributed by atoms with E-state index in [1.54, 1.807) is 12.1 Å². The number of imide groups is 1. The number of carbonyl (C=O) groups excluding carboxylic acids is 4. The topological polar surface area (TPSA) is 118 Å². The van der Waals surface area contributed by atoms with Crippen molar-refractivity contribution in [2.75, 3.05) is 6.54 Å². The molecule has 0 radical (unpaired) electrons. The molecule has 9 nitrogen and oxygen atoms in total. The van der Waals surface area contributed by atoms with Crippen molar-refractivity contribution < 1.29 is 31.8 Å². The lowest BCUT2D eigenvalue weighted by Gasteiger charge is -2.30. The Morgan fingerprint density at radius 3 is 2.21 bits per heavy atom. The molecule has 0 aromatic heterocycles. The zero-order valence-corrected chi connectivity index (χ0v) is 25.4. The highest BCUT2D eigenvalue weighted by Gasteiger charge is 2.53. The summed E-state index contributed by atoms with van der Waals surface area (Å²) < 4.78 is 30.5. The van der Waals surface area contributed by atoms with Crippen molar-refractivity contribution in [2.24, 2.45) is 17.8 Å². The van der Waals surface area contributed by atoms with Crippen LogP contribution in [0.25, 0.3) is 0 Å². The molecule has 1 fully saturated rings. The van der Waals surface area contributed by atoms with E-state index >= 15 is 0 Å². The third-order valence-corrected chi connectivity index (χ3v) is 9.48. The van der Waals surface area contributed by atoms with E-state index in [1.165, 1.54) is 54.6 Å². The van der Waals surface area contributed by atoms with Gasteiger partial charge in [-0.3, -0.25) is 19.2 Å². The van der Waals surface area contributed by atoms with Gasteiger partial charge in [-0.05, 0) is 73.9 Å². The molecule has 0 bridgehead atoms. The minimum atomic E-state index is -4.11. The van der Waals surface area contributed by atoms with Gasteiger partial charge >= 0.3 is 10.1 Å². The lowest BCUT2D eigenvalue weighted by Crippen LogP contribution is -2.52. The molecule has 43 heavy (non-hydrogen) atoms. The summed E-state index contributed by atoms with van der Waals surface area (Å²) in [7, 11) is -4.11. The predicted molar refractivity (Wildman–Crippen MR) is 159 cm³/mol. The summed E-state index contributed by atoms with van der Waals surface area (Å²) in [6, 6.07) is 15.5. The van der Waals surface area contributed by atoms with Crippen LogP contribution in [-0.4, -0.2) is 48.5 Å². The fourth-order valence-electron chi connectivity index (χ4n) is 5.18. The molecule has 1 aliphatic heterocycles. The average Bonchev–Trinajstić information content (AvgIpc) is 3.23. The lowest BCUT2D eigenvalue weighted by molar-refractivity contribution is -0.154. The predicted octanol–water partition coefficient (Wildman–Crippen LogP) is 5.51. The maximum absolute atomic E-state index is 13.7. The van der Waals surface area contributed by atoms with Crippen LogP contribution in [0.4, 0.5) is 0 Å². The summed E-state index contributed by atoms with van der Waals surface area (Å²) in [5.41, 5.74) is 1.00. The zero-order chi connectivity index (χ0) is 31.1. The van der Waals surface area contributed by atoms with E-state index in [2.05, 4.69) is 0 Å². The van der Waals surface area contributed by atoms with Gasteiger partial charge in [0, 0.05) is 11.1 Å². The molecule has 1 aliphatic carbocycles. The minimum Gasteiger partial charge on any atom is -0.379 e. The summed E-state index contributed by atoms with van der Waals surface area (Å²) in [6.45, 7) is 2.99. The van der Waals surface area contributed by atoms with E-state index in [9.17, 15) is 27.6 Å². The number of hydrogen-bond acceptors (Lipinski definition) is 7. The second kappa shape index (κ2) is 11.9. The van der Waals surface area contributed by atoms with Crippen LogP contribution < -0.4 is 4.18 Å². The normalized spacial score (nSPS) is 19.7. The zero-order valence-electron chi connectivity index (χ0n) is 23.1. The van der Waals surface area contributed by atoms with Gasteiger partial charge in [-0.1, -0.05) is 60.0 Å². The van der Waals surface area contributed by atoms with E-state index < -0.39 is 52.0 Å². The average molecular weight is 642 g/mol. The SMILES string of the molecule is Cc1ccc(S(=O)(=O)Oc2ccc(C(=O)CN(C(=O)c3ccc(Cl)c(Cl)c3)N3C(=O)[C@H]4[C@H](C)C=CC[C@H]4C3=O)cc2)cc1. The number of carbonyl (C=O) groups is 4. The maximum atomic E-state index is 13.7. The van der Waals surface area contributed by atoms with Crippen LogP contribution in [0.15, 0.2) is 83.8 Å². The Morgan fingerprint density at radius 1 is 0.930 bits per heavy atom. The van der Waals surface area contributed by atoms with Crippen LogP contribution in [0.5, 0.6) is 5.75 Å². The fourth-order valence-corrected chi connectivity index (χ4v) is 6.41. The van der Waals surface area contributed by atoms with Crippen molar-refractivity contribution in [1.82, 2.24) is 10.0 Å². The molecule has 3 atom stereocenters. The van der Waals surface area contributed by atoms with E-state index in [0.717, 1.165) is 15.6 Å². The number of amides is 3. The number of rotatable bonds is 8. The molecule has 3 aromatic rings. The second-order valence-electron chi connectivity index (χ2n) is 10.4. The van der Waals surface area contributed by atoms with Gasteiger partial charge in [-0.2, -0.15) is 13.4 Å². The Kier molecular flexibility index (Phi) is 8.47. The standard InChI is InChI=1S/C31H26Cl2N2O7S/c1-18-6-13-23(14-7-18)43(40,41)42-22-11-8-20(9-12-22)27(36)17-34(29(37)21-10-15-25(32)26(33)16-21)35-30(38)24-5-3-4-19(2)28(24)31(35)39/h3-4,6-16,19,24,28H,5,17H2,1-2H3/t19-,24-,28+/m1/s1. The Labute approximate surface area is 258 Å². The molecule has 0 saturated carbocycles. The molecule has 0 unspecified atom stereocenters. The Bertz CT molecular complexity index is 1760. The van der Waals surface area contributed by atoms with Gasteiger partial charge in [0.25, 0.3) is 17.7 Å². The molecule has 12 heteroatoms. The van der Waals surface area contributed by atoms with E-state index in [4.69, 9.17) is 27.4 Å². The van der Waals surface area contributed by atoms with Crippen LogP contribution in [0, 0.1) is 24.7 Å². The van der Waals surface area contributed by atoms with Crippen molar-refractivity contribution in [3.8, 4) is 5.75 Å². The first-order chi connectivity index (χ1) is 20.4. The van der Waals surface area contributed by atoms with Gasteiger partial charge in [0.2, 0.25) is 0 Å². The van der Waals surface area contributed by atoms with Gasteiger partial charge in [0.1, 0.15) is 17.2 Å². The summed E-state index contributed by atoms with van der Waals surface area (Å²) in [5, 5.41) is 1.89. The maximum Gasteiger partial charge on any atom is 0.339 e. The van der Waals surface area contributed by atoms with Crippen molar-refractivity contribution in [1.29, 1.82) is 0 Å². The van der Waals surface area contributed by atoms with Gasteiger partial charge in [0.15, 0.2) is 5.78 Å². The number of hydrazine groups is 1. The van der Waals surface area contributed by atoms with E-state index in [0.29, 0.717) is 6.42 Å². The van der Waals surface area contributed by atoms with Crippen molar-refractivity contribution in [3.63, 3.8) is 0 Å². The van der Waals surface area contributed by atoms with Crippen molar-refractivity contribution in [2.45, 2.75) is 25.2 Å². The molecule has 0 spiro atoms. The quantitative estimate of drug-likeness (QED) is 0.138. The van der Waals surface area contributed by atoms with Gasteiger partial charge in [-0.15, -0.1) is 0 Å². The highest BCUT2D eigenvalue weighted by molar-refractivity contribution is 7.87. The number of ketones is 1. The number of fused-ring (bicyclic) bond motifs is 1. The number of nitrogens with zero attached hydrogens (tertiary/aromatic N) is 2. The summed E-state index contributed by atoms with van der Waals surface area (Å²) in [4.78, 5) is 54.2. The van der Waals surface area contributed by atoms with Crippen LogP contribution in [0.2, 0.25) is 10.0 Å². The number of hydrogen-bond donors (Lipinski definition) is 0. The van der Waals surface area contributed by atoms with Gasteiger partial charge in [-0.25, -0.2) is 5.01 Å². The minimum absolute atomic E-state index is 0.0221. The Balaban J connectivity index is 1.41. The second-order valence-corrected chi connectivity index (χ2v) is 12.8. The third kappa shape index (κ3) is 6.08. The molecule has 5 rings (SSSR count). The van der Waals surface area contributed by atoms with Crippen LogP contribution in [0.1, 0.15) is 39.6 Å². The van der Waals surface area contributed by atoms with Gasteiger partial charge < -0.3 is 4.18 Å². The Morgan fingerprint density at radius 2 is 1.58 bits per heavy atom. The highest BCUT2D eigenvalue weighted by Crippen LogP contribution is 2.39. The summed E-state index contributed by atoms with van der Waals surface area (Å²) >= 11 is 12.1. The van der Waals surface area contributed by atoms with Crippen LogP contribution >= 0.6 is 23.2 Å². The summed E-state index contributed by atoms with van der Waals surface area (Å²) in [5.74, 6) is -4.13. The van der Waals surface area contributed by atoms with Crippen molar-refractivity contribution in [3.05, 3.63) is 106 Å². The Hall–Kier alpha value is -3.99.